The molecule has 1 heterocycles. The van der Waals surface area contributed by atoms with Gasteiger partial charge in [-0.15, -0.1) is 10.2 Å². The number of tetrazole rings is 1. The smallest absolute Gasteiger partial charge is 0.338 e. The molecule has 1 aromatic heterocycles. The lowest BCUT2D eigenvalue weighted by Crippen LogP contribution is -2.23. The molecule has 0 saturated heterocycles. The third kappa shape index (κ3) is 6.83. The van der Waals surface area contributed by atoms with E-state index in [0.29, 0.717) is 11.3 Å². The van der Waals surface area contributed by atoms with Crippen molar-refractivity contribution in [1.82, 2.24) is 20.2 Å². The van der Waals surface area contributed by atoms with Crippen molar-refractivity contribution in [2.24, 2.45) is 5.11 Å². The van der Waals surface area contributed by atoms with E-state index in [-0.39, 0.29) is 33.3 Å². The third-order valence-electron chi connectivity index (χ3n) is 3.73. The lowest BCUT2D eigenvalue weighted by molar-refractivity contribution is 0.0472. The highest BCUT2D eigenvalue weighted by Gasteiger charge is 2.11. The Morgan fingerprint density at radius 2 is 1.93 bits per heavy atom. The van der Waals surface area contributed by atoms with E-state index in [4.69, 9.17) is 15.0 Å². The molecule has 0 radical (unpaired) electrons. The lowest BCUT2D eigenvalue weighted by atomic mass is 10.2. The summed E-state index contributed by atoms with van der Waals surface area (Å²) in [5.41, 5.74) is 10.0. The van der Waals surface area contributed by atoms with Crippen molar-refractivity contribution in [1.29, 1.82) is 0 Å². The van der Waals surface area contributed by atoms with E-state index in [9.17, 15) is 4.79 Å². The van der Waals surface area contributed by atoms with E-state index in [1.54, 1.807) is 24.3 Å². The molecule has 0 aliphatic carbocycles. The molecule has 0 aliphatic rings. The topological polar surface area (TPSA) is 128 Å². The number of aromatic nitrogens is 4. The van der Waals surface area contributed by atoms with Crippen LogP contribution in [0.1, 0.15) is 15.9 Å². The van der Waals surface area contributed by atoms with Crippen molar-refractivity contribution in [3.8, 4) is 5.75 Å². The summed E-state index contributed by atoms with van der Waals surface area (Å²) in [6.07, 6.45) is 1.30. The number of carbonyl (C=O) groups excluding carboxylic acids is 1. The minimum Gasteiger partial charge on any atom is -0.493 e. The van der Waals surface area contributed by atoms with Crippen LogP contribution in [0.15, 0.2) is 66.0 Å². The van der Waals surface area contributed by atoms with Gasteiger partial charge in [0.25, 0.3) is 0 Å². The number of carbonyl (C=O) groups is 1. The molecular formula is C18H19N7O3S. The van der Waals surface area contributed by atoms with Crippen LogP contribution < -0.4 is 4.74 Å². The molecule has 29 heavy (non-hydrogen) atoms. The van der Waals surface area contributed by atoms with Crippen LogP contribution in [-0.2, 0) is 17.9 Å². The molecule has 1 unspecified atom stereocenters. The molecule has 0 N–H and O–H groups in total. The molecule has 0 spiro atoms. The zero-order valence-corrected chi connectivity index (χ0v) is 16.3. The summed E-state index contributed by atoms with van der Waals surface area (Å²) < 4.78 is 10.9. The fraction of sp³-hybridized carbons (Fsp3) is 0.222. The average molecular weight is 413 g/mol. The van der Waals surface area contributed by atoms with Gasteiger partial charge in [0, 0.05) is 4.91 Å². The molecule has 2 aromatic carbocycles. The SMILES string of the molecule is S.[N-]=[N+]=NC(COc1ccc(C(=O)OCc2ccccc2)cc1)Cn1ncnn1. The van der Waals surface area contributed by atoms with E-state index in [0.717, 1.165) is 5.56 Å². The summed E-state index contributed by atoms with van der Waals surface area (Å²) in [5.74, 6) is 0.115. The molecule has 150 valence electrons. The Bertz CT molecular complexity index is 930. The van der Waals surface area contributed by atoms with Crippen LogP contribution in [0.3, 0.4) is 0 Å². The number of benzene rings is 2. The maximum absolute atomic E-state index is 12.1. The summed E-state index contributed by atoms with van der Waals surface area (Å²) in [4.78, 5) is 16.2. The highest BCUT2D eigenvalue weighted by atomic mass is 32.1. The first-order chi connectivity index (χ1) is 13.7. The fourth-order valence-electron chi connectivity index (χ4n) is 2.34. The average Bonchev–Trinajstić information content (AvgIpc) is 3.25. The monoisotopic (exact) mass is 413 g/mol. The normalized spacial score (nSPS) is 10.9. The maximum Gasteiger partial charge on any atom is 0.338 e. The molecular weight excluding hydrogens is 394 g/mol. The van der Waals surface area contributed by atoms with E-state index >= 15 is 0 Å². The van der Waals surface area contributed by atoms with E-state index in [1.807, 2.05) is 30.3 Å². The third-order valence-corrected chi connectivity index (χ3v) is 3.73. The van der Waals surface area contributed by atoms with Crippen molar-refractivity contribution in [3.05, 3.63) is 82.5 Å². The molecule has 0 saturated carbocycles. The van der Waals surface area contributed by atoms with Gasteiger partial charge in [-0.3, -0.25) is 0 Å². The predicted octanol–water partition coefficient (Wildman–Crippen LogP) is 2.90. The van der Waals surface area contributed by atoms with Gasteiger partial charge in [-0.1, -0.05) is 35.4 Å². The lowest BCUT2D eigenvalue weighted by Gasteiger charge is -2.12. The Balaban J connectivity index is 0.00000300. The minimum atomic E-state index is -0.505. The highest BCUT2D eigenvalue weighted by Crippen LogP contribution is 2.14. The molecule has 10 nitrogen and oxygen atoms in total. The van der Waals surface area contributed by atoms with Gasteiger partial charge in [0.15, 0.2) is 6.33 Å². The molecule has 0 fully saturated rings. The van der Waals surface area contributed by atoms with E-state index < -0.39 is 12.0 Å². The second kappa shape index (κ2) is 11.3. The number of nitrogens with zero attached hydrogens (tertiary/aromatic N) is 7. The van der Waals surface area contributed by atoms with Crippen LogP contribution in [0, 0.1) is 0 Å². The summed E-state index contributed by atoms with van der Waals surface area (Å²) in [5, 5.41) is 14.9. The van der Waals surface area contributed by atoms with Crippen LogP contribution in [0.4, 0.5) is 0 Å². The van der Waals surface area contributed by atoms with Crippen molar-refractivity contribution < 1.29 is 14.3 Å². The van der Waals surface area contributed by atoms with Gasteiger partial charge < -0.3 is 9.47 Å². The molecule has 0 amide bonds. The number of hydrogen-bond acceptors (Lipinski definition) is 7. The van der Waals surface area contributed by atoms with Crippen LogP contribution >= 0.6 is 13.5 Å². The number of rotatable bonds is 9. The Morgan fingerprint density at radius 1 is 1.17 bits per heavy atom. The van der Waals surface area contributed by atoms with Crippen molar-refractivity contribution >= 4 is 19.5 Å². The van der Waals surface area contributed by atoms with E-state index in [1.165, 1.54) is 11.1 Å². The molecule has 1 atom stereocenters. The predicted molar refractivity (Wildman–Crippen MR) is 109 cm³/mol. The zero-order valence-electron chi connectivity index (χ0n) is 15.3. The van der Waals surface area contributed by atoms with E-state index in [2.05, 4.69) is 25.4 Å². The number of esters is 1. The van der Waals surface area contributed by atoms with Crippen molar-refractivity contribution in [2.75, 3.05) is 6.61 Å². The summed E-state index contributed by atoms with van der Waals surface area (Å²) in [6, 6.07) is 15.5. The van der Waals surface area contributed by atoms with Gasteiger partial charge in [0.1, 0.15) is 12.4 Å². The maximum atomic E-state index is 12.1. The Hall–Kier alpha value is -3.56. The first kappa shape index (κ1) is 21.7. The van der Waals surface area contributed by atoms with Crippen LogP contribution in [0.5, 0.6) is 5.75 Å². The van der Waals surface area contributed by atoms with Gasteiger partial charge in [-0.05, 0) is 40.6 Å². The quantitative estimate of drug-likeness (QED) is 0.230. The molecule has 0 bridgehead atoms. The Labute approximate surface area is 173 Å². The van der Waals surface area contributed by atoms with Gasteiger partial charge in [0.05, 0.1) is 24.8 Å². The van der Waals surface area contributed by atoms with Crippen molar-refractivity contribution in [2.45, 2.75) is 19.2 Å². The minimum absolute atomic E-state index is 0. The second-order valence-electron chi connectivity index (χ2n) is 5.75. The zero-order chi connectivity index (χ0) is 19.6. The fourth-order valence-corrected chi connectivity index (χ4v) is 2.34. The first-order valence-electron chi connectivity index (χ1n) is 8.43. The standard InChI is InChI=1S/C18H17N7O3.H2S/c19-23-22-16(10-25-21-13-20-24-25)12-27-17-8-6-15(7-9-17)18(26)28-11-14-4-2-1-3-5-14;/h1-9,13,16H,10-12H2;1H2. The van der Waals surface area contributed by atoms with Gasteiger partial charge in [0.2, 0.25) is 0 Å². The Morgan fingerprint density at radius 3 is 2.59 bits per heavy atom. The number of hydrogen-bond donors (Lipinski definition) is 0. The van der Waals surface area contributed by atoms with Crippen molar-refractivity contribution in [3.63, 3.8) is 0 Å². The summed E-state index contributed by atoms with van der Waals surface area (Å²) >= 11 is 0. The van der Waals surface area contributed by atoms with Crippen LogP contribution in [0.2, 0.25) is 0 Å². The highest BCUT2D eigenvalue weighted by molar-refractivity contribution is 7.59. The van der Waals surface area contributed by atoms with Gasteiger partial charge >= 0.3 is 5.97 Å². The largest absolute Gasteiger partial charge is 0.493 e. The molecule has 3 rings (SSSR count). The molecule has 3 aromatic rings. The van der Waals surface area contributed by atoms with Gasteiger partial charge in [-0.25, -0.2) is 4.79 Å². The first-order valence-corrected chi connectivity index (χ1v) is 8.43. The number of ether oxygens (including phenoxy) is 2. The van der Waals surface area contributed by atoms with Crippen LogP contribution in [0.25, 0.3) is 10.4 Å². The Kier molecular flexibility index (Phi) is 8.49. The van der Waals surface area contributed by atoms with Gasteiger partial charge in [-0.2, -0.15) is 18.3 Å². The second-order valence-corrected chi connectivity index (χ2v) is 5.75. The summed E-state index contributed by atoms with van der Waals surface area (Å²) in [7, 11) is 0. The molecule has 0 aliphatic heterocycles. The molecule has 11 heteroatoms. The number of azide groups is 1. The van der Waals surface area contributed by atoms with Crippen LogP contribution in [-0.4, -0.2) is 38.8 Å². The summed E-state index contributed by atoms with van der Waals surface area (Å²) in [6.45, 7) is 0.583.